The van der Waals surface area contributed by atoms with Gasteiger partial charge in [0.15, 0.2) is 0 Å². The highest BCUT2D eigenvalue weighted by molar-refractivity contribution is 5.85. The van der Waals surface area contributed by atoms with Crippen molar-refractivity contribution < 1.29 is 9.59 Å². The van der Waals surface area contributed by atoms with E-state index < -0.39 is 0 Å². The molecule has 1 unspecified atom stereocenters. The minimum absolute atomic E-state index is 0.0510. The van der Waals surface area contributed by atoms with Crippen LogP contribution in [0.5, 0.6) is 0 Å². The van der Waals surface area contributed by atoms with Crippen molar-refractivity contribution in [2.75, 3.05) is 6.54 Å². The smallest absolute Gasteiger partial charge is 0.239 e. The second kappa shape index (κ2) is 7.29. The second-order valence-electron chi connectivity index (χ2n) is 9.57. The summed E-state index contributed by atoms with van der Waals surface area (Å²) in [5.74, 6) is 2.48. The molecule has 27 heavy (non-hydrogen) atoms. The van der Waals surface area contributed by atoms with Gasteiger partial charge in [0.2, 0.25) is 11.8 Å². The molecule has 0 heterocycles. The summed E-state index contributed by atoms with van der Waals surface area (Å²) >= 11 is 0. The zero-order valence-electron chi connectivity index (χ0n) is 16.6. The third kappa shape index (κ3) is 4.20. The summed E-state index contributed by atoms with van der Waals surface area (Å²) < 4.78 is 0. The Balaban J connectivity index is 1.24. The van der Waals surface area contributed by atoms with Crippen LogP contribution >= 0.6 is 0 Å². The molecule has 0 saturated heterocycles. The molecule has 0 aliphatic heterocycles. The maximum atomic E-state index is 12.5. The van der Waals surface area contributed by atoms with Crippen molar-refractivity contribution in [2.24, 2.45) is 23.2 Å². The molecule has 146 valence electrons. The van der Waals surface area contributed by atoms with Gasteiger partial charge < -0.3 is 10.6 Å². The number of hydrogen-bond acceptors (Lipinski definition) is 2. The fourth-order valence-electron chi connectivity index (χ4n) is 6.32. The Morgan fingerprint density at radius 3 is 2.11 bits per heavy atom. The Labute approximate surface area is 162 Å². The summed E-state index contributed by atoms with van der Waals surface area (Å²) in [7, 11) is 0. The molecule has 0 aromatic heterocycles. The first-order valence-electron chi connectivity index (χ1n) is 10.5. The van der Waals surface area contributed by atoms with Gasteiger partial charge in [0.25, 0.3) is 0 Å². The van der Waals surface area contributed by atoms with Crippen molar-refractivity contribution in [1.82, 2.24) is 10.6 Å². The van der Waals surface area contributed by atoms with E-state index in [1.165, 1.54) is 44.1 Å². The molecule has 0 spiro atoms. The van der Waals surface area contributed by atoms with Crippen molar-refractivity contribution in [3.8, 4) is 0 Å². The normalized spacial score (nSPS) is 32.1. The number of hydrogen-bond donors (Lipinski definition) is 2. The first-order chi connectivity index (χ1) is 12.9. The highest BCUT2D eigenvalue weighted by Crippen LogP contribution is 2.61. The van der Waals surface area contributed by atoms with Crippen LogP contribution in [-0.2, 0) is 9.59 Å². The van der Waals surface area contributed by atoms with Crippen LogP contribution in [-0.4, -0.2) is 18.4 Å². The van der Waals surface area contributed by atoms with Crippen LogP contribution in [0.2, 0.25) is 0 Å². The summed E-state index contributed by atoms with van der Waals surface area (Å²) in [6, 6.07) is 8.10. The number of aryl methyl sites for hydroxylation is 1. The summed E-state index contributed by atoms with van der Waals surface area (Å²) in [5, 5.41) is 5.85. The molecule has 1 aromatic rings. The van der Waals surface area contributed by atoms with Gasteiger partial charge in [0, 0.05) is 6.42 Å². The summed E-state index contributed by atoms with van der Waals surface area (Å²) in [5.41, 5.74) is 2.51. The number of benzene rings is 1. The Bertz CT molecular complexity index is 674. The Morgan fingerprint density at radius 1 is 1.00 bits per heavy atom. The topological polar surface area (TPSA) is 58.2 Å². The van der Waals surface area contributed by atoms with Crippen LogP contribution < -0.4 is 10.6 Å². The van der Waals surface area contributed by atoms with E-state index in [2.05, 4.69) is 10.6 Å². The standard InChI is InChI=1S/C23H32N2O2/c1-15-3-5-20(6-4-15)16(2)25-22(27)14-24-21(26)13-23-10-17-7-18(11-23)9-19(8-17)12-23/h3-6,16-19H,7-14H2,1-2H3,(H,24,26)(H,25,27). The Kier molecular flexibility index (Phi) is 5.00. The predicted octanol–water partition coefficient (Wildman–Crippen LogP) is 3.89. The Morgan fingerprint density at radius 2 is 1.56 bits per heavy atom. The van der Waals surface area contributed by atoms with Crippen molar-refractivity contribution in [1.29, 1.82) is 0 Å². The largest absolute Gasteiger partial charge is 0.348 e. The SMILES string of the molecule is Cc1ccc(C(C)NC(=O)CNC(=O)CC23CC4CC(CC(C4)C2)C3)cc1. The minimum atomic E-state index is -0.123. The van der Waals surface area contributed by atoms with Gasteiger partial charge in [0.1, 0.15) is 0 Å². The van der Waals surface area contributed by atoms with Crippen molar-refractivity contribution in [2.45, 2.75) is 64.8 Å². The fourth-order valence-corrected chi connectivity index (χ4v) is 6.32. The summed E-state index contributed by atoms with van der Waals surface area (Å²) in [6.45, 7) is 4.09. The van der Waals surface area contributed by atoms with E-state index in [-0.39, 0.29) is 29.8 Å². The molecule has 2 amide bonds. The quantitative estimate of drug-likeness (QED) is 0.800. The fraction of sp³-hybridized carbons (Fsp3) is 0.652. The highest BCUT2D eigenvalue weighted by atomic mass is 16.2. The van der Waals surface area contributed by atoms with Gasteiger partial charge in [-0.25, -0.2) is 0 Å². The van der Waals surface area contributed by atoms with Crippen LogP contribution in [0.4, 0.5) is 0 Å². The zero-order valence-corrected chi connectivity index (χ0v) is 16.6. The van der Waals surface area contributed by atoms with Gasteiger partial charge in [-0.2, -0.15) is 0 Å². The average Bonchev–Trinajstić information content (AvgIpc) is 2.59. The number of carbonyl (C=O) groups is 2. The lowest BCUT2D eigenvalue weighted by Crippen LogP contribution is -2.48. The third-order valence-electron chi connectivity index (χ3n) is 7.10. The molecule has 2 N–H and O–H groups in total. The molecule has 5 rings (SSSR count). The van der Waals surface area contributed by atoms with E-state index >= 15 is 0 Å². The van der Waals surface area contributed by atoms with Crippen molar-refractivity contribution in [3.63, 3.8) is 0 Å². The molecular weight excluding hydrogens is 336 g/mol. The lowest BCUT2D eigenvalue weighted by Gasteiger charge is -2.56. The van der Waals surface area contributed by atoms with Crippen LogP contribution in [0.3, 0.4) is 0 Å². The van der Waals surface area contributed by atoms with Crippen molar-refractivity contribution in [3.05, 3.63) is 35.4 Å². The number of carbonyl (C=O) groups excluding carboxylic acids is 2. The maximum absolute atomic E-state index is 12.5. The van der Waals surface area contributed by atoms with Crippen LogP contribution in [0, 0.1) is 30.1 Å². The lowest BCUT2D eigenvalue weighted by molar-refractivity contribution is -0.132. The van der Waals surface area contributed by atoms with Crippen molar-refractivity contribution >= 4 is 11.8 Å². The lowest BCUT2D eigenvalue weighted by atomic mass is 9.49. The van der Waals surface area contributed by atoms with E-state index in [9.17, 15) is 9.59 Å². The summed E-state index contributed by atoms with van der Waals surface area (Å²) in [4.78, 5) is 24.8. The summed E-state index contributed by atoms with van der Waals surface area (Å²) in [6.07, 6.45) is 8.45. The molecule has 1 aromatic carbocycles. The molecule has 4 aliphatic carbocycles. The van der Waals surface area contributed by atoms with Gasteiger partial charge in [0.05, 0.1) is 12.6 Å². The van der Waals surface area contributed by atoms with Gasteiger partial charge in [-0.3, -0.25) is 9.59 Å². The first-order valence-corrected chi connectivity index (χ1v) is 10.5. The molecule has 1 atom stereocenters. The van der Waals surface area contributed by atoms with Gasteiger partial charge >= 0.3 is 0 Å². The van der Waals surface area contributed by atoms with Crippen LogP contribution in [0.25, 0.3) is 0 Å². The number of nitrogens with one attached hydrogen (secondary N) is 2. The molecule has 4 aliphatic rings. The van der Waals surface area contributed by atoms with E-state index in [4.69, 9.17) is 0 Å². The molecule has 4 fully saturated rings. The van der Waals surface area contributed by atoms with Gasteiger partial charge in [-0.05, 0) is 81.1 Å². The molecule has 4 saturated carbocycles. The number of amides is 2. The molecule has 4 nitrogen and oxygen atoms in total. The van der Waals surface area contributed by atoms with Crippen LogP contribution in [0.1, 0.15) is 69.0 Å². The van der Waals surface area contributed by atoms with Gasteiger partial charge in [-0.15, -0.1) is 0 Å². The Hall–Kier alpha value is -1.84. The molecule has 0 radical (unpaired) electrons. The van der Waals surface area contributed by atoms with E-state index in [0.29, 0.717) is 6.42 Å². The second-order valence-corrected chi connectivity index (χ2v) is 9.57. The average molecular weight is 369 g/mol. The first kappa shape index (κ1) is 18.5. The maximum Gasteiger partial charge on any atom is 0.239 e. The van der Waals surface area contributed by atoms with E-state index in [1.54, 1.807) is 0 Å². The molecular formula is C23H32N2O2. The third-order valence-corrected chi connectivity index (χ3v) is 7.10. The minimum Gasteiger partial charge on any atom is -0.348 e. The molecule has 4 heteroatoms. The van der Waals surface area contributed by atoms with E-state index in [0.717, 1.165) is 23.3 Å². The highest BCUT2D eigenvalue weighted by Gasteiger charge is 2.51. The van der Waals surface area contributed by atoms with Gasteiger partial charge in [-0.1, -0.05) is 29.8 Å². The monoisotopic (exact) mass is 368 g/mol. The van der Waals surface area contributed by atoms with E-state index in [1.807, 2.05) is 38.1 Å². The van der Waals surface area contributed by atoms with Crippen LogP contribution in [0.15, 0.2) is 24.3 Å². The number of rotatable bonds is 6. The zero-order chi connectivity index (χ0) is 19.0. The molecule has 4 bridgehead atoms. The predicted molar refractivity (Wildman–Crippen MR) is 106 cm³/mol.